The van der Waals surface area contributed by atoms with Crippen LogP contribution in [0, 0.1) is 0 Å². The van der Waals surface area contributed by atoms with Crippen LogP contribution in [0.25, 0.3) is 0 Å². The number of hydrogen-bond donors (Lipinski definition) is 1. The highest BCUT2D eigenvalue weighted by Gasteiger charge is 2.09. The Kier molecular flexibility index (Phi) is 4.58. The fourth-order valence-electron chi connectivity index (χ4n) is 1.55. The number of aromatic nitrogens is 2. The summed E-state index contributed by atoms with van der Waals surface area (Å²) < 4.78 is 5.12. The molecule has 0 atom stereocenters. The van der Waals surface area contributed by atoms with Gasteiger partial charge in [0.2, 0.25) is 5.89 Å². The van der Waals surface area contributed by atoms with E-state index in [1.807, 2.05) is 6.07 Å². The summed E-state index contributed by atoms with van der Waals surface area (Å²) in [5.41, 5.74) is 6.34. The lowest BCUT2D eigenvalue weighted by atomic mass is 10.1. The first-order valence-electron chi connectivity index (χ1n) is 5.64. The minimum atomic E-state index is 0.530. The van der Waals surface area contributed by atoms with Gasteiger partial charge in [-0.1, -0.05) is 34.4 Å². The largest absolute Gasteiger partial charge is 0.339 e. The first-order valence-corrected chi connectivity index (χ1v) is 6.40. The van der Waals surface area contributed by atoms with E-state index in [1.54, 1.807) is 12.1 Å². The number of nitrogens with two attached hydrogens (primary N) is 1. The Morgan fingerprint density at radius 1 is 1.28 bits per heavy atom. The summed E-state index contributed by atoms with van der Waals surface area (Å²) >= 11 is 11.9. The van der Waals surface area contributed by atoms with Gasteiger partial charge in [0, 0.05) is 22.9 Å². The molecule has 0 saturated carbocycles. The molecule has 0 aliphatic carbocycles. The third-order valence-corrected chi connectivity index (χ3v) is 3.06. The van der Waals surface area contributed by atoms with E-state index in [0.29, 0.717) is 41.1 Å². The molecule has 0 amide bonds. The van der Waals surface area contributed by atoms with Crippen molar-refractivity contribution in [2.24, 2.45) is 5.73 Å². The summed E-state index contributed by atoms with van der Waals surface area (Å²) in [6.07, 6.45) is 2.07. The van der Waals surface area contributed by atoms with Crippen LogP contribution in [0.3, 0.4) is 0 Å². The zero-order chi connectivity index (χ0) is 13.0. The molecule has 0 aliphatic rings. The van der Waals surface area contributed by atoms with E-state index in [0.717, 1.165) is 12.0 Å². The van der Waals surface area contributed by atoms with Crippen molar-refractivity contribution in [1.82, 2.24) is 10.1 Å². The Morgan fingerprint density at radius 2 is 2.11 bits per heavy atom. The molecule has 0 bridgehead atoms. The van der Waals surface area contributed by atoms with Crippen LogP contribution in [0.1, 0.15) is 23.7 Å². The Morgan fingerprint density at radius 3 is 2.83 bits per heavy atom. The number of halogens is 2. The highest BCUT2D eigenvalue weighted by molar-refractivity contribution is 6.35. The molecule has 2 N–H and O–H groups in total. The normalized spacial score (nSPS) is 10.8. The molecule has 0 saturated heterocycles. The lowest BCUT2D eigenvalue weighted by Gasteiger charge is -2.00. The van der Waals surface area contributed by atoms with E-state index < -0.39 is 0 Å². The van der Waals surface area contributed by atoms with Gasteiger partial charge in [-0.15, -0.1) is 0 Å². The van der Waals surface area contributed by atoms with Gasteiger partial charge in [0.15, 0.2) is 5.82 Å². The van der Waals surface area contributed by atoms with Crippen LogP contribution in [0.2, 0.25) is 10.0 Å². The molecular weight excluding hydrogens is 273 g/mol. The molecule has 2 aromatic rings. The Bertz CT molecular complexity index is 528. The smallest absolute Gasteiger partial charge is 0.226 e. The molecule has 96 valence electrons. The summed E-state index contributed by atoms with van der Waals surface area (Å²) in [4.78, 5) is 4.28. The van der Waals surface area contributed by atoms with Crippen LogP contribution in [0.4, 0.5) is 0 Å². The second-order valence-electron chi connectivity index (χ2n) is 3.91. The van der Waals surface area contributed by atoms with Gasteiger partial charge < -0.3 is 10.3 Å². The molecule has 0 fully saturated rings. The van der Waals surface area contributed by atoms with Crippen LogP contribution in [0.5, 0.6) is 0 Å². The minimum absolute atomic E-state index is 0.530. The van der Waals surface area contributed by atoms with Crippen molar-refractivity contribution < 1.29 is 4.52 Å². The van der Waals surface area contributed by atoms with Crippen LogP contribution in [-0.2, 0) is 12.8 Å². The zero-order valence-corrected chi connectivity index (χ0v) is 11.2. The molecule has 1 heterocycles. The quantitative estimate of drug-likeness (QED) is 0.917. The SMILES string of the molecule is NCCCc1nc(Cc2ccc(Cl)cc2Cl)no1. The van der Waals surface area contributed by atoms with Crippen LogP contribution < -0.4 is 5.73 Å². The van der Waals surface area contributed by atoms with Crippen LogP contribution >= 0.6 is 23.2 Å². The first-order chi connectivity index (χ1) is 8.69. The maximum atomic E-state index is 6.08. The third kappa shape index (κ3) is 3.45. The standard InChI is InChI=1S/C12H13Cl2N3O/c13-9-4-3-8(10(14)7-9)6-11-16-12(18-17-11)2-1-5-15/h3-4,7H,1-2,5-6,15H2. The highest BCUT2D eigenvalue weighted by atomic mass is 35.5. The molecule has 2 rings (SSSR count). The fourth-order valence-corrected chi connectivity index (χ4v) is 2.03. The van der Waals surface area contributed by atoms with Crippen LogP contribution in [0.15, 0.2) is 22.7 Å². The van der Waals surface area contributed by atoms with Gasteiger partial charge in [-0.05, 0) is 30.7 Å². The molecule has 1 aromatic carbocycles. The van der Waals surface area contributed by atoms with Crippen molar-refractivity contribution in [3.05, 3.63) is 45.5 Å². The third-order valence-electron chi connectivity index (χ3n) is 2.47. The Hall–Kier alpha value is -1.10. The summed E-state index contributed by atoms with van der Waals surface area (Å²) in [6.45, 7) is 0.612. The number of hydrogen-bond acceptors (Lipinski definition) is 4. The maximum Gasteiger partial charge on any atom is 0.226 e. The average molecular weight is 286 g/mol. The second-order valence-corrected chi connectivity index (χ2v) is 4.75. The summed E-state index contributed by atoms with van der Waals surface area (Å²) in [5.74, 6) is 1.23. The molecule has 1 aromatic heterocycles. The lowest BCUT2D eigenvalue weighted by Crippen LogP contribution is -2.00. The first kappa shape index (κ1) is 13.3. The van der Waals surface area contributed by atoms with Crippen molar-refractivity contribution >= 4 is 23.2 Å². The maximum absolute atomic E-state index is 6.08. The number of rotatable bonds is 5. The lowest BCUT2D eigenvalue weighted by molar-refractivity contribution is 0.371. The van der Waals surface area contributed by atoms with Crippen molar-refractivity contribution in [2.45, 2.75) is 19.3 Å². The van der Waals surface area contributed by atoms with E-state index in [4.69, 9.17) is 33.5 Å². The number of nitrogens with zero attached hydrogens (tertiary/aromatic N) is 2. The number of benzene rings is 1. The summed E-state index contributed by atoms with van der Waals surface area (Å²) in [7, 11) is 0. The molecule has 4 nitrogen and oxygen atoms in total. The molecule has 0 radical (unpaired) electrons. The summed E-state index contributed by atoms with van der Waals surface area (Å²) in [5, 5.41) is 5.13. The van der Waals surface area contributed by atoms with Gasteiger partial charge in [0.1, 0.15) is 0 Å². The summed E-state index contributed by atoms with van der Waals surface area (Å²) in [6, 6.07) is 5.35. The second kappa shape index (κ2) is 6.18. The fraction of sp³-hybridized carbons (Fsp3) is 0.333. The van der Waals surface area contributed by atoms with Gasteiger partial charge in [0.05, 0.1) is 0 Å². The zero-order valence-electron chi connectivity index (χ0n) is 9.70. The minimum Gasteiger partial charge on any atom is -0.339 e. The molecule has 6 heteroatoms. The molecule has 0 spiro atoms. The van der Waals surface area contributed by atoms with E-state index in [1.165, 1.54) is 0 Å². The Balaban J connectivity index is 2.06. The van der Waals surface area contributed by atoms with E-state index >= 15 is 0 Å². The average Bonchev–Trinajstić information content (AvgIpc) is 2.78. The van der Waals surface area contributed by atoms with Gasteiger partial charge in [-0.3, -0.25) is 0 Å². The predicted molar refractivity (Wildman–Crippen MR) is 70.9 cm³/mol. The topological polar surface area (TPSA) is 64.9 Å². The molecule has 0 unspecified atom stereocenters. The molecular formula is C12H13Cl2N3O. The predicted octanol–water partition coefficient (Wildman–Crippen LogP) is 2.86. The highest BCUT2D eigenvalue weighted by Crippen LogP contribution is 2.22. The van der Waals surface area contributed by atoms with Gasteiger partial charge in [0.25, 0.3) is 0 Å². The number of aryl methyl sites for hydroxylation is 1. The van der Waals surface area contributed by atoms with E-state index in [-0.39, 0.29) is 0 Å². The van der Waals surface area contributed by atoms with Gasteiger partial charge >= 0.3 is 0 Å². The van der Waals surface area contributed by atoms with Crippen molar-refractivity contribution in [3.8, 4) is 0 Å². The molecule has 18 heavy (non-hydrogen) atoms. The van der Waals surface area contributed by atoms with E-state index in [9.17, 15) is 0 Å². The van der Waals surface area contributed by atoms with Crippen LogP contribution in [-0.4, -0.2) is 16.7 Å². The van der Waals surface area contributed by atoms with E-state index in [2.05, 4.69) is 10.1 Å². The molecule has 0 aliphatic heterocycles. The van der Waals surface area contributed by atoms with Crippen molar-refractivity contribution in [3.63, 3.8) is 0 Å². The van der Waals surface area contributed by atoms with Crippen molar-refractivity contribution in [2.75, 3.05) is 6.54 Å². The monoisotopic (exact) mass is 285 g/mol. The van der Waals surface area contributed by atoms with Gasteiger partial charge in [-0.25, -0.2) is 0 Å². The Labute approximate surface area is 115 Å². The van der Waals surface area contributed by atoms with Gasteiger partial charge in [-0.2, -0.15) is 4.98 Å². The van der Waals surface area contributed by atoms with Crippen molar-refractivity contribution in [1.29, 1.82) is 0 Å².